The maximum Gasteiger partial charge on any atom is 0.245 e. The Kier molecular flexibility index (Phi) is 5.88. The van der Waals surface area contributed by atoms with E-state index in [1.807, 2.05) is 36.4 Å². The Bertz CT molecular complexity index is 679. The van der Waals surface area contributed by atoms with Crippen LogP contribution >= 0.6 is 0 Å². The summed E-state index contributed by atoms with van der Waals surface area (Å²) in [4.78, 5) is 24.2. The van der Waals surface area contributed by atoms with Crippen molar-refractivity contribution < 1.29 is 9.59 Å². The molecule has 1 aromatic carbocycles. The number of carbonyl (C=O) groups excluding carboxylic acids is 2. The molecule has 1 aliphatic heterocycles. The van der Waals surface area contributed by atoms with E-state index in [1.165, 1.54) is 23.4 Å². The third-order valence-corrected chi connectivity index (χ3v) is 4.58. The molecule has 2 aliphatic rings. The topological polar surface area (TPSA) is 61.4 Å². The van der Waals surface area contributed by atoms with Gasteiger partial charge in [-0.1, -0.05) is 42.0 Å². The number of nitrogens with one attached hydrogen (secondary N) is 2. The van der Waals surface area contributed by atoms with Crippen LogP contribution in [0, 0.1) is 0 Å². The number of hydrogen-bond acceptors (Lipinski definition) is 3. The van der Waals surface area contributed by atoms with Crippen molar-refractivity contribution in [3.05, 3.63) is 53.6 Å². The van der Waals surface area contributed by atoms with Crippen LogP contribution in [0.1, 0.15) is 44.1 Å². The van der Waals surface area contributed by atoms with Crippen molar-refractivity contribution in [2.45, 2.75) is 38.5 Å². The standard InChI is InChI=1S/C20H25N3O2/c24-19(21-14-13-16-7-3-1-4-8-16)15-23-20(25)12-11-18(22-23)17-9-5-2-6-10-17/h2,5-7,9-11,22H,1,3-4,8,12-15H2,(H,21,24). The van der Waals surface area contributed by atoms with Crippen molar-refractivity contribution in [1.82, 2.24) is 15.8 Å². The van der Waals surface area contributed by atoms with E-state index in [2.05, 4.69) is 16.8 Å². The van der Waals surface area contributed by atoms with Crippen LogP contribution in [0.3, 0.4) is 0 Å². The Morgan fingerprint density at radius 1 is 1.16 bits per heavy atom. The molecule has 3 rings (SSSR count). The Balaban J connectivity index is 1.48. The molecule has 2 N–H and O–H groups in total. The average molecular weight is 339 g/mol. The van der Waals surface area contributed by atoms with Gasteiger partial charge in [-0.3, -0.25) is 15.0 Å². The first kappa shape index (κ1) is 17.3. The van der Waals surface area contributed by atoms with Gasteiger partial charge in [0.05, 0.1) is 5.70 Å². The molecule has 0 radical (unpaired) electrons. The van der Waals surface area contributed by atoms with Crippen LogP contribution in [0.2, 0.25) is 0 Å². The van der Waals surface area contributed by atoms with Crippen LogP contribution in [0.4, 0.5) is 0 Å². The van der Waals surface area contributed by atoms with Crippen LogP contribution in [0.5, 0.6) is 0 Å². The summed E-state index contributed by atoms with van der Waals surface area (Å²) in [5.41, 5.74) is 6.37. The molecule has 1 aromatic rings. The van der Waals surface area contributed by atoms with Gasteiger partial charge >= 0.3 is 0 Å². The molecule has 25 heavy (non-hydrogen) atoms. The number of benzene rings is 1. The first-order valence-electron chi connectivity index (χ1n) is 8.99. The predicted molar refractivity (Wildman–Crippen MR) is 98.1 cm³/mol. The largest absolute Gasteiger partial charge is 0.354 e. The van der Waals surface area contributed by atoms with Gasteiger partial charge in [-0.25, -0.2) is 5.01 Å². The van der Waals surface area contributed by atoms with Gasteiger partial charge in [0, 0.05) is 13.0 Å². The average Bonchev–Trinajstić information content (AvgIpc) is 2.65. The normalized spacial score (nSPS) is 17.4. The Hall–Kier alpha value is -2.56. The molecule has 0 aromatic heterocycles. The fourth-order valence-corrected chi connectivity index (χ4v) is 3.17. The number of rotatable bonds is 6. The second-order valence-corrected chi connectivity index (χ2v) is 6.49. The van der Waals surface area contributed by atoms with Gasteiger partial charge in [0.25, 0.3) is 0 Å². The van der Waals surface area contributed by atoms with Crippen LogP contribution < -0.4 is 10.7 Å². The van der Waals surface area contributed by atoms with Crippen molar-refractivity contribution in [2.75, 3.05) is 13.1 Å². The van der Waals surface area contributed by atoms with E-state index in [1.54, 1.807) is 0 Å². The van der Waals surface area contributed by atoms with Crippen LogP contribution in [-0.2, 0) is 9.59 Å². The monoisotopic (exact) mass is 339 g/mol. The zero-order chi connectivity index (χ0) is 17.5. The number of hydrogen-bond donors (Lipinski definition) is 2. The van der Waals surface area contributed by atoms with Crippen LogP contribution in [0.15, 0.2) is 48.1 Å². The summed E-state index contributed by atoms with van der Waals surface area (Å²) in [5.74, 6) is -0.226. The molecule has 0 bridgehead atoms. The maximum absolute atomic E-state index is 12.2. The summed E-state index contributed by atoms with van der Waals surface area (Å²) in [6, 6.07) is 9.80. The fraction of sp³-hybridized carbons (Fsp3) is 0.400. The molecule has 0 saturated heterocycles. The minimum atomic E-state index is -0.133. The molecule has 0 unspecified atom stereocenters. The molecule has 2 amide bonds. The van der Waals surface area contributed by atoms with Gasteiger partial charge < -0.3 is 5.32 Å². The Morgan fingerprint density at radius 2 is 2.00 bits per heavy atom. The highest BCUT2D eigenvalue weighted by Crippen LogP contribution is 2.19. The highest BCUT2D eigenvalue weighted by Gasteiger charge is 2.21. The van der Waals surface area contributed by atoms with Gasteiger partial charge in [-0.15, -0.1) is 0 Å². The van der Waals surface area contributed by atoms with Crippen molar-refractivity contribution >= 4 is 17.5 Å². The highest BCUT2D eigenvalue weighted by molar-refractivity contribution is 5.88. The Morgan fingerprint density at radius 3 is 2.76 bits per heavy atom. The number of nitrogens with zero attached hydrogens (tertiary/aromatic N) is 1. The van der Waals surface area contributed by atoms with E-state index in [4.69, 9.17) is 0 Å². The van der Waals surface area contributed by atoms with E-state index in [0.717, 1.165) is 30.5 Å². The van der Waals surface area contributed by atoms with Gasteiger partial charge in [-0.2, -0.15) is 0 Å². The SMILES string of the molecule is O=C(CN1NC(c2ccccc2)=CCC1=O)NCCC1=CCCCC1. The quantitative estimate of drug-likeness (QED) is 0.784. The molecule has 0 fully saturated rings. The summed E-state index contributed by atoms with van der Waals surface area (Å²) in [7, 11) is 0. The number of allylic oxidation sites excluding steroid dienone is 1. The van der Waals surface area contributed by atoms with Gasteiger partial charge in [0.2, 0.25) is 11.8 Å². The molecule has 132 valence electrons. The predicted octanol–water partition coefficient (Wildman–Crippen LogP) is 2.77. The molecular formula is C20H25N3O2. The first-order valence-corrected chi connectivity index (χ1v) is 8.99. The number of amides is 2. The smallest absolute Gasteiger partial charge is 0.245 e. The lowest BCUT2D eigenvalue weighted by molar-refractivity contribution is -0.137. The zero-order valence-electron chi connectivity index (χ0n) is 14.5. The third-order valence-electron chi connectivity index (χ3n) is 4.58. The second kappa shape index (κ2) is 8.51. The Labute approximate surface area is 148 Å². The molecule has 1 aliphatic carbocycles. The lowest BCUT2D eigenvalue weighted by Gasteiger charge is -2.28. The molecule has 5 heteroatoms. The molecule has 1 heterocycles. The second-order valence-electron chi connectivity index (χ2n) is 6.49. The minimum absolute atomic E-state index is 0.0298. The van der Waals surface area contributed by atoms with Gasteiger partial charge in [0.1, 0.15) is 6.54 Å². The van der Waals surface area contributed by atoms with Gasteiger partial charge in [-0.05, 0) is 43.7 Å². The van der Waals surface area contributed by atoms with Gasteiger partial charge in [0.15, 0.2) is 0 Å². The van der Waals surface area contributed by atoms with Crippen molar-refractivity contribution in [3.8, 4) is 0 Å². The van der Waals surface area contributed by atoms with E-state index >= 15 is 0 Å². The summed E-state index contributed by atoms with van der Waals surface area (Å²) >= 11 is 0. The molecule has 0 spiro atoms. The third kappa shape index (κ3) is 4.95. The lowest BCUT2D eigenvalue weighted by Crippen LogP contribution is -2.49. The summed E-state index contributed by atoms with van der Waals surface area (Å²) in [6.07, 6.45) is 10.2. The number of carbonyl (C=O) groups is 2. The summed E-state index contributed by atoms with van der Waals surface area (Å²) in [6.45, 7) is 0.663. The van der Waals surface area contributed by atoms with Crippen LogP contribution in [0.25, 0.3) is 5.70 Å². The zero-order valence-corrected chi connectivity index (χ0v) is 14.5. The van der Waals surface area contributed by atoms with Crippen LogP contribution in [-0.4, -0.2) is 29.9 Å². The van der Waals surface area contributed by atoms with Crippen molar-refractivity contribution in [2.24, 2.45) is 0 Å². The molecule has 0 saturated carbocycles. The van der Waals surface area contributed by atoms with Crippen molar-refractivity contribution in [3.63, 3.8) is 0 Å². The van der Waals surface area contributed by atoms with E-state index in [9.17, 15) is 9.59 Å². The summed E-state index contributed by atoms with van der Waals surface area (Å²) in [5, 5.41) is 4.32. The summed E-state index contributed by atoms with van der Waals surface area (Å²) < 4.78 is 0. The highest BCUT2D eigenvalue weighted by atomic mass is 16.2. The minimum Gasteiger partial charge on any atom is -0.354 e. The molecular weight excluding hydrogens is 314 g/mol. The van der Waals surface area contributed by atoms with Crippen molar-refractivity contribution in [1.29, 1.82) is 0 Å². The number of hydrazine groups is 1. The first-order chi connectivity index (χ1) is 12.2. The van der Waals surface area contributed by atoms with E-state index in [-0.39, 0.29) is 18.4 Å². The maximum atomic E-state index is 12.2. The molecule has 0 atom stereocenters. The van der Waals surface area contributed by atoms with E-state index in [0.29, 0.717) is 13.0 Å². The van der Waals surface area contributed by atoms with E-state index < -0.39 is 0 Å². The molecule has 5 nitrogen and oxygen atoms in total. The lowest BCUT2D eigenvalue weighted by atomic mass is 9.97. The fourth-order valence-electron chi connectivity index (χ4n) is 3.17.